The van der Waals surface area contributed by atoms with Crippen LogP contribution in [-0.2, 0) is 73.2 Å². The number of aliphatic carboxylic acids is 1. The highest BCUT2D eigenvalue weighted by atomic mass is 32.2. The first kappa shape index (κ1) is 64.7. The number of halogens is 3. The fourth-order valence-corrected chi connectivity index (χ4v) is 11.4. The smallest absolute Gasteiger partial charge is 0.490 e. The number of carbonyl (C=O) groups is 6. The maximum atomic E-state index is 14.0. The molecule has 1 aliphatic rings. The average Bonchev–Trinajstić information content (AvgIpc) is 3.40. The normalized spacial score (nSPS) is 15.2. The summed E-state index contributed by atoms with van der Waals surface area (Å²) in [6.07, 6.45) is -5.67. The quantitative estimate of drug-likeness (QED) is 0.0229. The molecule has 0 spiro atoms. The highest BCUT2D eigenvalue weighted by Crippen LogP contribution is 2.32. The number of benzene rings is 4. The van der Waals surface area contributed by atoms with Gasteiger partial charge in [-0.15, -0.1) is 0 Å². The molecule has 0 radical (unpaired) electrons. The number of carbonyl (C=O) groups excluding carboxylic acids is 5. The van der Waals surface area contributed by atoms with Crippen molar-refractivity contribution in [3.63, 3.8) is 0 Å². The Bertz CT molecular complexity index is 3180. The number of nitrogens with two attached hydrogens (primary N) is 2. The monoisotopic (exact) mass is 1160 g/mol. The number of methoxy groups -OCH3 is 2. The number of nitrogens with zero attached hydrogens (tertiary/aromatic N) is 2. The Morgan fingerprint density at radius 3 is 1.88 bits per heavy atom. The van der Waals surface area contributed by atoms with Crippen LogP contribution in [0.4, 0.5) is 13.2 Å². The van der Waals surface area contributed by atoms with Crippen molar-refractivity contribution in [2.75, 3.05) is 33.9 Å². The minimum absolute atomic E-state index is 0.0148. The number of carboxylic acids is 1. The van der Waals surface area contributed by atoms with Crippen LogP contribution in [0.25, 0.3) is 0 Å². The van der Waals surface area contributed by atoms with Crippen LogP contribution in [0.15, 0.2) is 81.5 Å². The number of aryl methyl sites for hydroxylation is 2. The molecule has 0 aromatic heterocycles. The van der Waals surface area contributed by atoms with Crippen molar-refractivity contribution >= 4 is 61.6 Å². The maximum absolute atomic E-state index is 14.0. The number of amides is 4. The van der Waals surface area contributed by atoms with E-state index in [1.54, 1.807) is 108 Å². The minimum Gasteiger partial charge on any atom is -0.496 e. The van der Waals surface area contributed by atoms with Gasteiger partial charge in [-0.05, 0) is 117 Å². The van der Waals surface area contributed by atoms with Gasteiger partial charge in [0.2, 0.25) is 39.6 Å². The number of ether oxygens (including phenoxy) is 3. The van der Waals surface area contributed by atoms with E-state index in [0.29, 0.717) is 56.0 Å². The van der Waals surface area contributed by atoms with Gasteiger partial charge in [0.15, 0.2) is 0 Å². The number of hydrogen-bond donors (Lipinski definition) is 8. The van der Waals surface area contributed by atoms with Crippen LogP contribution in [0.3, 0.4) is 0 Å². The lowest BCUT2D eigenvalue weighted by atomic mass is 10.0. The molecule has 80 heavy (non-hydrogen) atoms. The van der Waals surface area contributed by atoms with Gasteiger partial charge in [-0.25, -0.2) is 31.1 Å². The third-order valence-electron chi connectivity index (χ3n) is 12.7. The number of piperazine rings is 1. The van der Waals surface area contributed by atoms with Crippen LogP contribution in [0.5, 0.6) is 11.5 Å². The molecule has 436 valence electrons. The molecule has 1 aliphatic heterocycles. The SMILES string of the molecule is COc1cc(C)c(S(=O)(=O)NCc2ccc(CN3C(=O)[C@H](CC(=O)N[C@@H](CCCN=C(N)NS(=O)(=O)c4c(C)cc(OC)c(C)c4C)C(=O)NCC(=O)OCc4ccccc4)NC(=O)[C@H]3CN)cc2)c(C)c1C.O=C(O)C(F)(F)F. The molecule has 4 aromatic carbocycles. The van der Waals surface area contributed by atoms with Crippen LogP contribution >= 0.6 is 0 Å². The summed E-state index contributed by atoms with van der Waals surface area (Å²) < 4.78 is 106. The van der Waals surface area contributed by atoms with E-state index in [2.05, 4.69) is 30.4 Å². The Morgan fingerprint density at radius 2 is 1.35 bits per heavy atom. The highest BCUT2D eigenvalue weighted by molar-refractivity contribution is 7.90. The lowest BCUT2D eigenvalue weighted by molar-refractivity contribution is -0.192. The highest BCUT2D eigenvalue weighted by Gasteiger charge is 2.41. The zero-order chi connectivity index (χ0) is 59.9. The Balaban J connectivity index is 0.00000184. The molecule has 0 aliphatic carbocycles. The first-order chi connectivity index (χ1) is 37.4. The van der Waals surface area contributed by atoms with Gasteiger partial charge in [0.05, 0.1) is 30.4 Å². The minimum atomic E-state index is -5.08. The van der Waals surface area contributed by atoms with Gasteiger partial charge in [0.1, 0.15) is 42.8 Å². The predicted molar refractivity (Wildman–Crippen MR) is 286 cm³/mol. The van der Waals surface area contributed by atoms with E-state index < -0.39 is 98.8 Å². The number of rotatable bonds is 23. The summed E-state index contributed by atoms with van der Waals surface area (Å²) in [6.45, 7) is 9.17. The average molecular weight is 1160 g/mol. The number of hydrogen-bond acceptors (Lipinski definition) is 15. The Morgan fingerprint density at radius 1 is 0.812 bits per heavy atom. The van der Waals surface area contributed by atoms with Crippen LogP contribution in [0.1, 0.15) is 69.3 Å². The molecule has 0 saturated carbocycles. The van der Waals surface area contributed by atoms with E-state index in [4.69, 9.17) is 35.6 Å². The van der Waals surface area contributed by atoms with Crippen LogP contribution in [0.2, 0.25) is 0 Å². The Labute approximate surface area is 461 Å². The third-order valence-corrected chi connectivity index (χ3v) is 16.0. The summed E-state index contributed by atoms with van der Waals surface area (Å²) in [4.78, 5) is 81.6. The maximum Gasteiger partial charge on any atom is 0.490 e. The van der Waals surface area contributed by atoms with Crippen molar-refractivity contribution in [1.29, 1.82) is 0 Å². The largest absolute Gasteiger partial charge is 0.496 e. The molecule has 1 saturated heterocycles. The van der Waals surface area contributed by atoms with E-state index >= 15 is 0 Å². The zero-order valence-electron chi connectivity index (χ0n) is 45.2. The van der Waals surface area contributed by atoms with Crippen LogP contribution in [-0.4, -0.2) is 127 Å². The molecule has 0 unspecified atom stereocenters. The molecule has 10 N–H and O–H groups in total. The molecule has 1 heterocycles. The van der Waals surface area contributed by atoms with Gasteiger partial charge in [0, 0.05) is 26.2 Å². The summed E-state index contributed by atoms with van der Waals surface area (Å²) in [5, 5.41) is 14.7. The van der Waals surface area contributed by atoms with E-state index in [-0.39, 0.29) is 55.4 Å². The first-order valence-corrected chi connectivity index (χ1v) is 27.5. The van der Waals surface area contributed by atoms with Gasteiger partial charge < -0.3 is 51.6 Å². The number of guanidine groups is 1. The van der Waals surface area contributed by atoms with Crippen molar-refractivity contribution in [2.24, 2.45) is 16.5 Å². The second-order valence-corrected chi connectivity index (χ2v) is 21.7. The second-order valence-electron chi connectivity index (χ2n) is 18.4. The fraction of sp³-hybridized carbons (Fsp3) is 0.404. The van der Waals surface area contributed by atoms with Crippen LogP contribution in [0, 0.1) is 41.5 Å². The Kier molecular flexibility index (Phi) is 22.9. The van der Waals surface area contributed by atoms with Gasteiger partial charge >= 0.3 is 18.1 Å². The van der Waals surface area contributed by atoms with Gasteiger partial charge in [-0.2, -0.15) is 13.2 Å². The number of sulfonamides is 2. The van der Waals surface area contributed by atoms with Crippen molar-refractivity contribution in [1.82, 2.24) is 30.3 Å². The second kappa shape index (κ2) is 28.4. The fourth-order valence-electron chi connectivity index (χ4n) is 8.38. The molecule has 1 fully saturated rings. The van der Waals surface area contributed by atoms with Crippen molar-refractivity contribution in [2.45, 2.75) is 115 Å². The number of carboxylic acid groups (broad SMARTS) is 1. The number of nitrogens with one attached hydrogen (secondary N) is 5. The van der Waals surface area contributed by atoms with E-state index in [0.717, 1.165) is 5.56 Å². The molecule has 4 amide bonds. The molecule has 5 rings (SSSR count). The number of aliphatic imine (C=N–C) groups is 1. The standard InChI is InChI=1S/C50H65N9O12S2.C2HF3O2/c1-29-21-41(69-7)31(3)33(5)45(29)72(65,66)55-25-35-16-18-36(19-17-35)27-59-40(24-51)48(63)57-39(49(59)64)23-43(60)56-38(47(62)54-26-44(61)71-28-37-13-10-9-11-14-37)15-12-20-53-50(52)58-73(67,68)46-30(2)22-42(70-8)32(4)34(46)6;3-2(4,5)1(6)7/h9-11,13-14,16-19,21-22,38-40,55H,12,15,20,23-28,51H2,1-8H3,(H,54,62)(H,56,60)(H,57,63)(H3,52,53,58);(H,6,7)/t38-,39-,40+;/m0./s1. The van der Waals surface area contributed by atoms with Gasteiger partial charge in [-0.3, -0.25) is 29.0 Å². The molecular weight excluding hydrogens is 1100 g/mol. The first-order valence-electron chi connectivity index (χ1n) is 24.5. The summed E-state index contributed by atoms with van der Waals surface area (Å²) in [5.41, 5.74) is 17.2. The van der Waals surface area contributed by atoms with Crippen molar-refractivity contribution in [3.05, 3.63) is 117 Å². The Hall–Kier alpha value is -7.82. The van der Waals surface area contributed by atoms with E-state index in [9.17, 15) is 54.0 Å². The van der Waals surface area contributed by atoms with Crippen molar-refractivity contribution < 1.29 is 78.1 Å². The predicted octanol–water partition coefficient (Wildman–Crippen LogP) is 2.63. The molecule has 4 aromatic rings. The lowest BCUT2D eigenvalue weighted by Gasteiger charge is -2.38. The number of esters is 1. The molecule has 3 atom stereocenters. The van der Waals surface area contributed by atoms with Crippen LogP contribution < -0.4 is 46.3 Å². The van der Waals surface area contributed by atoms with E-state index in [1.807, 2.05) is 0 Å². The molecular formula is C52H66F3N9O14S2. The molecule has 23 nitrogen and oxygen atoms in total. The topological polar surface area (TPSA) is 346 Å². The number of alkyl halides is 3. The van der Waals surface area contributed by atoms with Gasteiger partial charge in [0.25, 0.3) is 10.0 Å². The van der Waals surface area contributed by atoms with Gasteiger partial charge in [-0.1, -0.05) is 54.6 Å². The summed E-state index contributed by atoms with van der Waals surface area (Å²) in [6, 6.07) is 15.2. The summed E-state index contributed by atoms with van der Waals surface area (Å²) >= 11 is 0. The zero-order valence-corrected chi connectivity index (χ0v) is 46.8. The third kappa shape index (κ3) is 17.6. The molecule has 0 bridgehead atoms. The summed E-state index contributed by atoms with van der Waals surface area (Å²) in [7, 11) is -5.09. The van der Waals surface area contributed by atoms with E-state index in [1.165, 1.54) is 19.1 Å². The van der Waals surface area contributed by atoms with Crippen molar-refractivity contribution in [3.8, 4) is 11.5 Å². The molecule has 28 heteroatoms. The lowest BCUT2D eigenvalue weighted by Crippen LogP contribution is -2.65. The summed E-state index contributed by atoms with van der Waals surface area (Å²) in [5.74, 6) is -5.61.